The van der Waals surface area contributed by atoms with Gasteiger partial charge in [-0.2, -0.15) is 5.10 Å². The van der Waals surface area contributed by atoms with Gasteiger partial charge in [0.2, 0.25) is 5.91 Å². The van der Waals surface area contributed by atoms with Gasteiger partial charge in [0.05, 0.1) is 19.7 Å². The maximum absolute atomic E-state index is 12.2. The van der Waals surface area contributed by atoms with Gasteiger partial charge in [-0.1, -0.05) is 54.1 Å². The van der Waals surface area contributed by atoms with Crippen LogP contribution in [-0.4, -0.2) is 19.2 Å². The zero-order chi connectivity index (χ0) is 18.5. The smallest absolute Gasteiger partial charge is 0.244 e. The second-order valence-corrected chi connectivity index (χ2v) is 6.30. The van der Waals surface area contributed by atoms with E-state index in [9.17, 15) is 4.79 Å². The van der Waals surface area contributed by atoms with Crippen LogP contribution in [0.5, 0.6) is 5.75 Å². The van der Waals surface area contributed by atoms with Crippen LogP contribution >= 0.6 is 0 Å². The number of benzene rings is 3. The first-order valence-electron chi connectivity index (χ1n) is 8.52. The third-order valence-corrected chi connectivity index (χ3v) is 4.38. The van der Waals surface area contributed by atoms with Crippen LogP contribution in [0.4, 0.5) is 0 Å². The number of ether oxygens (including phenoxy) is 1. The fourth-order valence-corrected chi connectivity index (χ4v) is 3.01. The minimum atomic E-state index is -0.146. The molecule has 0 spiro atoms. The summed E-state index contributed by atoms with van der Waals surface area (Å²) in [6, 6.07) is 18.0. The molecule has 1 N–H and O–H groups in total. The van der Waals surface area contributed by atoms with Gasteiger partial charge in [-0.3, -0.25) is 4.79 Å². The minimum absolute atomic E-state index is 0.146. The molecule has 0 aromatic heterocycles. The van der Waals surface area contributed by atoms with Gasteiger partial charge in [-0.15, -0.1) is 0 Å². The van der Waals surface area contributed by atoms with E-state index >= 15 is 0 Å². The van der Waals surface area contributed by atoms with Crippen molar-refractivity contribution in [1.82, 2.24) is 5.43 Å². The van der Waals surface area contributed by atoms with Crippen LogP contribution in [0.25, 0.3) is 10.8 Å². The van der Waals surface area contributed by atoms with Crippen LogP contribution in [0.3, 0.4) is 0 Å². The van der Waals surface area contributed by atoms with Gasteiger partial charge >= 0.3 is 0 Å². The Morgan fingerprint density at radius 2 is 1.92 bits per heavy atom. The lowest BCUT2D eigenvalue weighted by Gasteiger charge is -2.08. The Balaban J connectivity index is 1.76. The number of nitrogens with zero attached hydrogens (tertiary/aromatic N) is 1. The Hall–Kier alpha value is -3.14. The molecule has 1 amide bonds. The molecule has 0 aliphatic rings. The zero-order valence-corrected chi connectivity index (χ0v) is 15.2. The van der Waals surface area contributed by atoms with E-state index in [4.69, 9.17) is 4.74 Å². The van der Waals surface area contributed by atoms with E-state index in [0.717, 1.165) is 33.2 Å². The van der Waals surface area contributed by atoms with Crippen molar-refractivity contribution in [3.05, 3.63) is 76.9 Å². The van der Waals surface area contributed by atoms with Crippen molar-refractivity contribution in [2.45, 2.75) is 20.3 Å². The number of carbonyl (C=O) groups excluding carboxylic acids is 1. The third kappa shape index (κ3) is 3.91. The quantitative estimate of drug-likeness (QED) is 0.557. The average Bonchev–Trinajstić information content (AvgIpc) is 2.64. The van der Waals surface area contributed by atoms with Crippen molar-refractivity contribution in [3.63, 3.8) is 0 Å². The van der Waals surface area contributed by atoms with E-state index in [2.05, 4.69) is 16.6 Å². The average molecular weight is 346 g/mol. The van der Waals surface area contributed by atoms with Crippen molar-refractivity contribution in [2.75, 3.05) is 7.11 Å². The van der Waals surface area contributed by atoms with Gasteiger partial charge in [0.1, 0.15) is 5.75 Å². The standard InChI is InChI=1S/C22H22N2O2/c1-15-8-9-18(16(2)12-15)13-22(25)24-23-14-20-19-7-5-4-6-17(19)10-11-21(20)26-3/h4-12,14H,13H2,1-3H3,(H,24,25)/b23-14+. The Kier molecular flexibility index (Phi) is 5.32. The van der Waals surface area contributed by atoms with Gasteiger partial charge in [-0.25, -0.2) is 5.43 Å². The topological polar surface area (TPSA) is 50.7 Å². The molecule has 26 heavy (non-hydrogen) atoms. The number of fused-ring (bicyclic) bond motifs is 1. The molecule has 0 heterocycles. The Morgan fingerprint density at radius 3 is 2.69 bits per heavy atom. The van der Waals surface area contributed by atoms with E-state index < -0.39 is 0 Å². The molecule has 0 bridgehead atoms. The highest BCUT2D eigenvalue weighted by Crippen LogP contribution is 2.26. The first kappa shape index (κ1) is 17.7. The van der Waals surface area contributed by atoms with Crippen LogP contribution in [0.15, 0.2) is 59.7 Å². The summed E-state index contributed by atoms with van der Waals surface area (Å²) in [7, 11) is 1.63. The Morgan fingerprint density at radius 1 is 1.12 bits per heavy atom. The second-order valence-electron chi connectivity index (χ2n) is 6.30. The van der Waals surface area contributed by atoms with E-state index in [1.54, 1.807) is 13.3 Å². The summed E-state index contributed by atoms with van der Waals surface area (Å²) < 4.78 is 5.43. The number of nitrogens with one attached hydrogen (secondary N) is 1. The van der Waals surface area contributed by atoms with Gasteiger partial charge in [-0.05, 0) is 41.8 Å². The fourth-order valence-electron chi connectivity index (χ4n) is 3.01. The molecule has 3 rings (SSSR count). The largest absolute Gasteiger partial charge is 0.496 e. The maximum Gasteiger partial charge on any atom is 0.244 e. The van der Waals surface area contributed by atoms with Crippen molar-refractivity contribution in [2.24, 2.45) is 5.10 Å². The monoisotopic (exact) mass is 346 g/mol. The second kappa shape index (κ2) is 7.83. The molecule has 4 heteroatoms. The van der Waals surface area contributed by atoms with Crippen LogP contribution in [-0.2, 0) is 11.2 Å². The molecule has 0 unspecified atom stereocenters. The number of rotatable bonds is 5. The van der Waals surface area contributed by atoms with E-state index in [0.29, 0.717) is 6.42 Å². The molecule has 0 fully saturated rings. The molecule has 0 atom stereocenters. The number of amides is 1. The molecular formula is C22H22N2O2. The molecule has 0 radical (unpaired) electrons. The van der Waals surface area contributed by atoms with Gasteiger partial charge in [0.15, 0.2) is 0 Å². The normalized spacial score (nSPS) is 11.0. The molecule has 0 aliphatic carbocycles. The van der Waals surface area contributed by atoms with Crippen LogP contribution in [0, 0.1) is 13.8 Å². The van der Waals surface area contributed by atoms with Crippen molar-refractivity contribution in [1.29, 1.82) is 0 Å². The predicted octanol–water partition coefficient (Wildman–Crippen LogP) is 4.16. The molecule has 132 valence electrons. The van der Waals surface area contributed by atoms with Crippen molar-refractivity contribution >= 4 is 22.9 Å². The summed E-state index contributed by atoms with van der Waals surface area (Å²) >= 11 is 0. The molecular weight excluding hydrogens is 324 g/mol. The summed E-state index contributed by atoms with van der Waals surface area (Å²) in [4.78, 5) is 12.2. The van der Waals surface area contributed by atoms with Crippen LogP contribution in [0.1, 0.15) is 22.3 Å². The first-order chi connectivity index (χ1) is 12.6. The van der Waals surface area contributed by atoms with Gasteiger partial charge < -0.3 is 4.74 Å². The number of hydrogen-bond acceptors (Lipinski definition) is 3. The molecule has 3 aromatic carbocycles. The SMILES string of the molecule is COc1ccc2ccccc2c1/C=N/NC(=O)Cc1ccc(C)cc1C. The predicted molar refractivity (Wildman–Crippen MR) is 106 cm³/mol. The number of aryl methyl sites for hydroxylation is 2. The lowest BCUT2D eigenvalue weighted by Crippen LogP contribution is -2.20. The van der Waals surface area contributed by atoms with E-state index in [1.807, 2.05) is 62.4 Å². The molecule has 0 aliphatic heterocycles. The minimum Gasteiger partial charge on any atom is -0.496 e. The number of hydrogen-bond donors (Lipinski definition) is 1. The summed E-state index contributed by atoms with van der Waals surface area (Å²) in [5.41, 5.74) is 6.76. The number of carbonyl (C=O) groups is 1. The molecule has 4 nitrogen and oxygen atoms in total. The molecule has 0 saturated carbocycles. The Labute approximate surface area is 153 Å². The highest BCUT2D eigenvalue weighted by atomic mass is 16.5. The first-order valence-corrected chi connectivity index (χ1v) is 8.52. The summed E-state index contributed by atoms with van der Waals surface area (Å²) in [6.07, 6.45) is 1.94. The molecule has 0 saturated heterocycles. The van der Waals surface area contributed by atoms with Crippen molar-refractivity contribution < 1.29 is 9.53 Å². The van der Waals surface area contributed by atoms with Crippen molar-refractivity contribution in [3.8, 4) is 5.75 Å². The maximum atomic E-state index is 12.2. The summed E-state index contributed by atoms with van der Waals surface area (Å²) in [6.45, 7) is 4.05. The third-order valence-electron chi connectivity index (χ3n) is 4.38. The summed E-state index contributed by atoms with van der Waals surface area (Å²) in [5.74, 6) is 0.573. The van der Waals surface area contributed by atoms with Crippen LogP contribution < -0.4 is 10.2 Å². The van der Waals surface area contributed by atoms with Gasteiger partial charge in [0, 0.05) is 5.56 Å². The summed E-state index contributed by atoms with van der Waals surface area (Å²) in [5, 5.41) is 6.26. The van der Waals surface area contributed by atoms with Crippen LogP contribution in [0.2, 0.25) is 0 Å². The number of hydrazone groups is 1. The fraction of sp³-hybridized carbons (Fsp3) is 0.182. The lowest BCUT2D eigenvalue weighted by atomic mass is 10.0. The highest BCUT2D eigenvalue weighted by molar-refractivity contribution is 6.02. The van der Waals surface area contributed by atoms with E-state index in [1.165, 1.54) is 5.56 Å². The number of methoxy groups -OCH3 is 1. The van der Waals surface area contributed by atoms with E-state index in [-0.39, 0.29) is 5.91 Å². The lowest BCUT2D eigenvalue weighted by molar-refractivity contribution is -0.120. The highest BCUT2D eigenvalue weighted by Gasteiger charge is 2.07. The molecule has 3 aromatic rings. The van der Waals surface area contributed by atoms with Gasteiger partial charge in [0.25, 0.3) is 0 Å². The zero-order valence-electron chi connectivity index (χ0n) is 15.2. The Bertz CT molecular complexity index is 977.